The van der Waals surface area contributed by atoms with Crippen molar-refractivity contribution < 1.29 is 13.2 Å². The second-order valence-electron chi connectivity index (χ2n) is 4.46. The highest BCUT2D eigenvalue weighted by atomic mass is 32.2. The van der Waals surface area contributed by atoms with E-state index in [2.05, 4.69) is 17.1 Å². The topological polar surface area (TPSA) is 92.5 Å². The molecule has 1 aliphatic heterocycles. The maximum Gasteiger partial charge on any atom is 0.218 e. The Hall–Kier alpha value is -0.660. The number of primary amides is 1. The first-order valence-electron chi connectivity index (χ1n) is 5.84. The molecule has 1 aliphatic rings. The summed E-state index contributed by atoms with van der Waals surface area (Å²) in [5.74, 6) is -0.600. The van der Waals surface area contributed by atoms with Gasteiger partial charge in [0.05, 0.1) is 11.5 Å². The van der Waals surface area contributed by atoms with E-state index in [1.807, 2.05) is 0 Å². The Balaban J connectivity index is 2.35. The Labute approximate surface area is 102 Å². The van der Waals surface area contributed by atoms with E-state index in [0.717, 1.165) is 19.6 Å². The van der Waals surface area contributed by atoms with Crippen LogP contribution in [0.2, 0.25) is 0 Å². The minimum absolute atomic E-state index is 0.0839. The van der Waals surface area contributed by atoms with E-state index in [4.69, 9.17) is 5.73 Å². The zero-order chi connectivity index (χ0) is 12.9. The van der Waals surface area contributed by atoms with Gasteiger partial charge in [0.25, 0.3) is 0 Å². The van der Waals surface area contributed by atoms with Gasteiger partial charge in [-0.05, 0) is 6.92 Å². The maximum absolute atomic E-state index is 11.6. The number of hydrogen-bond acceptors (Lipinski definition) is 5. The first-order valence-corrected chi connectivity index (χ1v) is 7.66. The van der Waals surface area contributed by atoms with Gasteiger partial charge in [-0.3, -0.25) is 9.69 Å². The van der Waals surface area contributed by atoms with Gasteiger partial charge < -0.3 is 11.1 Å². The molecule has 1 rings (SSSR count). The van der Waals surface area contributed by atoms with Crippen molar-refractivity contribution in [1.82, 2.24) is 10.2 Å². The van der Waals surface area contributed by atoms with Gasteiger partial charge in [0.1, 0.15) is 0 Å². The van der Waals surface area contributed by atoms with Crippen LogP contribution in [0.15, 0.2) is 0 Å². The molecule has 0 aliphatic carbocycles. The summed E-state index contributed by atoms with van der Waals surface area (Å²) in [7, 11) is -3.16. The molecule has 7 heteroatoms. The fraction of sp³-hybridized carbons (Fsp3) is 0.900. The fourth-order valence-corrected chi connectivity index (χ4v) is 3.06. The zero-order valence-corrected chi connectivity index (χ0v) is 11.0. The average molecular weight is 263 g/mol. The van der Waals surface area contributed by atoms with Crippen LogP contribution in [0.25, 0.3) is 0 Å². The number of nitrogens with two attached hydrogens (primary N) is 1. The van der Waals surface area contributed by atoms with Gasteiger partial charge in [-0.25, -0.2) is 8.42 Å². The van der Waals surface area contributed by atoms with Crippen LogP contribution in [-0.2, 0) is 14.6 Å². The molecule has 100 valence electrons. The summed E-state index contributed by atoms with van der Waals surface area (Å²) in [4.78, 5) is 12.7. The van der Waals surface area contributed by atoms with Gasteiger partial charge in [-0.2, -0.15) is 0 Å². The van der Waals surface area contributed by atoms with Crippen LogP contribution in [0.1, 0.15) is 13.3 Å². The van der Waals surface area contributed by atoms with Gasteiger partial charge in [-0.15, -0.1) is 0 Å². The van der Waals surface area contributed by atoms with Crippen molar-refractivity contribution in [3.8, 4) is 0 Å². The van der Waals surface area contributed by atoms with Crippen molar-refractivity contribution >= 4 is 15.7 Å². The van der Waals surface area contributed by atoms with Gasteiger partial charge in [0, 0.05) is 38.6 Å². The summed E-state index contributed by atoms with van der Waals surface area (Å²) >= 11 is 0. The minimum Gasteiger partial charge on any atom is -0.370 e. The van der Waals surface area contributed by atoms with Crippen LogP contribution in [0.4, 0.5) is 0 Å². The summed E-state index contributed by atoms with van der Waals surface area (Å²) in [6.07, 6.45) is -0.0839. The fourth-order valence-electron chi connectivity index (χ4n) is 1.83. The molecule has 0 aromatic heterocycles. The van der Waals surface area contributed by atoms with Gasteiger partial charge in [-0.1, -0.05) is 0 Å². The molecule has 1 atom stereocenters. The Kier molecular flexibility index (Phi) is 5.35. The third-order valence-corrected chi connectivity index (χ3v) is 4.62. The SMILES string of the molecule is CC1CNCCN1CCS(=O)(=O)CCC(N)=O. The van der Waals surface area contributed by atoms with Crippen molar-refractivity contribution in [1.29, 1.82) is 0 Å². The number of amides is 1. The largest absolute Gasteiger partial charge is 0.370 e. The number of nitrogens with one attached hydrogen (secondary N) is 1. The minimum atomic E-state index is -3.16. The summed E-state index contributed by atoms with van der Waals surface area (Å²) in [5.41, 5.74) is 4.94. The van der Waals surface area contributed by atoms with Crippen LogP contribution < -0.4 is 11.1 Å². The lowest BCUT2D eigenvalue weighted by Crippen LogP contribution is -2.51. The number of nitrogens with zero attached hydrogens (tertiary/aromatic N) is 1. The van der Waals surface area contributed by atoms with E-state index in [9.17, 15) is 13.2 Å². The summed E-state index contributed by atoms with van der Waals surface area (Å²) in [5, 5.41) is 3.25. The normalized spacial score (nSPS) is 22.5. The van der Waals surface area contributed by atoms with E-state index < -0.39 is 15.7 Å². The number of carbonyl (C=O) groups is 1. The van der Waals surface area contributed by atoms with Crippen LogP contribution in [0.3, 0.4) is 0 Å². The highest BCUT2D eigenvalue weighted by molar-refractivity contribution is 7.91. The Bertz CT molecular complexity index is 356. The molecule has 0 spiro atoms. The third kappa shape index (κ3) is 5.47. The monoisotopic (exact) mass is 263 g/mol. The first kappa shape index (κ1) is 14.4. The van der Waals surface area contributed by atoms with E-state index in [0.29, 0.717) is 12.6 Å². The van der Waals surface area contributed by atoms with Crippen molar-refractivity contribution in [3.63, 3.8) is 0 Å². The predicted octanol–water partition coefficient (Wildman–Crippen LogP) is -1.43. The standard InChI is InChI=1S/C10H21N3O3S/c1-9-8-12-3-4-13(9)5-7-17(15,16)6-2-10(11)14/h9,12H,2-8H2,1H3,(H2,11,14). The molecule has 1 saturated heterocycles. The second kappa shape index (κ2) is 6.32. The molecule has 0 aromatic rings. The van der Waals surface area contributed by atoms with Gasteiger partial charge in [0.15, 0.2) is 9.84 Å². The number of rotatable bonds is 6. The second-order valence-corrected chi connectivity index (χ2v) is 6.76. The third-order valence-electron chi connectivity index (χ3n) is 2.99. The summed E-state index contributed by atoms with van der Waals surface area (Å²) in [6, 6.07) is 0.357. The molecule has 0 bridgehead atoms. The Morgan fingerprint density at radius 2 is 2.18 bits per heavy atom. The molecule has 1 amide bonds. The molecule has 17 heavy (non-hydrogen) atoms. The molecule has 0 aromatic carbocycles. The smallest absolute Gasteiger partial charge is 0.218 e. The van der Waals surface area contributed by atoms with Crippen molar-refractivity contribution in [2.24, 2.45) is 5.73 Å². The lowest BCUT2D eigenvalue weighted by molar-refractivity contribution is -0.117. The number of sulfone groups is 1. The van der Waals surface area contributed by atoms with Crippen LogP contribution in [0, 0.1) is 0 Å². The number of hydrogen-bond donors (Lipinski definition) is 2. The van der Waals surface area contributed by atoms with Crippen molar-refractivity contribution in [3.05, 3.63) is 0 Å². The first-order chi connectivity index (χ1) is 7.91. The summed E-state index contributed by atoms with van der Waals surface area (Å²) in [6.45, 7) is 5.26. The molecular weight excluding hydrogens is 242 g/mol. The highest BCUT2D eigenvalue weighted by Crippen LogP contribution is 2.03. The van der Waals surface area contributed by atoms with Crippen molar-refractivity contribution in [2.75, 3.05) is 37.7 Å². The lowest BCUT2D eigenvalue weighted by atomic mass is 10.2. The average Bonchev–Trinajstić information content (AvgIpc) is 2.26. The van der Waals surface area contributed by atoms with Crippen LogP contribution >= 0.6 is 0 Å². The molecule has 1 unspecified atom stereocenters. The molecular formula is C10H21N3O3S. The molecule has 1 heterocycles. The van der Waals surface area contributed by atoms with Gasteiger partial charge in [0.2, 0.25) is 5.91 Å². The quantitative estimate of drug-likeness (QED) is 0.613. The molecule has 0 radical (unpaired) electrons. The van der Waals surface area contributed by atoms with Gasteiger partial charge >= 0.3 is 0 Å². The van der Waals surface area contributed by atoms with E-state index in [1.165, 1.54) is 0 Å². The molecule has 6 nitrogen and oxygen atoms in total. The van der Waals surface area contributed by atoms with E-state index >= 15 is 0 Å². The Morgan fingerprint density at radius 3 is 2.76 bits per heavy atom. The van der Waals surface area contributed by atoms with Crippen LogP contribution in [-0.4, -0.2) is 63.0 Å². The Morgan fingerprint density at radius 1 is 1.47 bits per heavy atom. The molecule has 1 fully saturated rings. The molecule has 3 N–H and O–H groups in total. The number of piperazine rings is 1. The predicted molar refractivity (Wildman–Crippen MR) is 66.4 cm³/mol. The summed E-state index contributed by atoms with van der Waals surface area (Å²) < 4.78 is 23.3. The van der Waals surface area contributed by atoms with E-state index in [-0.39, 0.29) is 17.9 Å². The maximum atomic E-state index is 11.6. The lowest BCUT2D eigenvalue weighted by Gasteiger charge is -2.33. The highest BCUT2D eigenvalue weighted by Gasteiger charge is 2.20. The van der Waals surface area contributed by atoms with Crippen molar-refractivity contribution in [2.45, 2.75) is 19.4 Å². The number of carbonyl (C=O) groups excluding carboxylic acids is 1. The zero-order valence-electron chi connectivity index (χ0n) is 10.2. The van der Waals surface area contributed by atoms with E-state index in [1.54, 1.807) is 0 Å². The van der Waals surface area contributed by atoms with Crippen LogP contribution in [0.5, 0.6) is 0 Å². The molecule has 0 saturated carbocycles.